The van der Waals surface area contributed by atoms with E-state index < -0.39 is 0 Å². The Labute approximate surface area is 96.8 Å². The molecule has 0 aromatic heterocycles. The second-order valence-electron chi connectivity index (χ2n) is 4.19. The van der Waals surface area contributed by atoms with Crippen LogP contribution in [-0.2, 0) is 4.79 Å². The van der Waals surface area contributed by atoms with Crippen molar-refractivity contribution in [1.82, 2.24) is 10.6 Å². The number of unbranched alkanes of at least 4 members (excludes halogenated alkanes) is 1. The van der Waals surface area contributed by atoms with Gasteiger partial charge in [0.2, 0.25) is 5.91 Å². The van der Waals surface area contributed by atoms with E-state index in [0.717, 1.165) is 25.9 Å². The zero-order valence-electron chi connectivity index (χ0n) is 9.71. The summed E-state index contributed by atoms with van der Waals surface area (Å²) in [5.74, 6) is 1.86. The van der Waals surface area contributed by atoms with Crippen molar-refractivity contribution in [2.45, 2.75) is 32.2 Å². The fourth-order valence-corrected chi connectivity index (χ4v) is 2.37. The lowest BCUT2D eigenvalue weighted by atomic mass is 10.0. The molecule has 15 heavy (non-hydrogen) atoms. The van der Waals surface area contributed by atoms with E-state index in [1.165, 1.54) is 12.2 Å². The van der Waals surface area contributed by atoms with Crippen molar-refractivity contribution in [2.24, 2.45) is 5.92 Å². The molecule has 1 aliphatic heterocycles. The van der Waals surface area contributed by atoms with Gasteiger partial charge in [-0.3, -0.25) is 4.79 Å². The Morgan fingerprint density at radius 3 is 2.93 bits per heavy atom. The molecule has 0 spiro atoms. The lowest BCUT2D eigenvalue weighted by Crippen LogP contribution is -2.43. The Bertz CT molecular complexity index is 199. The first kappa shape index (κ1) is 12.8. The van der Waals surface area contributed by atoms with E-state index in [1.807, 2.05) is 11.8 Å². The summed E-state index contributed by atoms with van der Waals surface area (Å²) in [6.45, 7) is 3.94. The Morgan fingerprint density at radius 1 is 1.53 bits per heavy atom. The smallest absolute Gasteiger partial charge is 0.237 e. The fraction of sp³-hybridized carbons (Fsp3) is 0.909. The van der Waals surface area contributed by atoms with Crippen molar-refractivity contribution in [2.75, 3.05) is 25.1 Å². The third kappa shape index (κ3) is 4.43. The summed E-state index contributed by atoms with van der Waals surface area (Å²) in [7, 11) is 0. The van der Waals surface area contributed by atoms with Gasteiger partial charge in [0.15, 0.2) is 0 Å². The van der Waals surface area contributed by atoms with Crippen molar-refractivity contribution in [3.8, 4) is 0 Å². The summed E-state index contributed by atoms with van der Waals surface area (Å²) < 4.78 is 0. The Balaban J connectivity index is 2.08. The van der Waals surface area contributed by atoms with Gasteiger partial charge in [-0.25, -0.2) is 0 Å². The van der Waals surface area contributed by atoms with Crippen LogP contribution < -0.4 is 10.6 Å². The van der Waals surface area contributed by atoms with Gasteiger partial charge in [0.05, 0.1) is 6.04 Å². The zero-order valence-corrected chi connectivity index (χ0v) is 10.5. The predicted octanol–water partition coefficient (Wildman–Crippen LogP) is 1.24. The Morgan fingerprint density at radius 2 is 2.33 bits per heavy atom. The van der Waals surface area contributed by atoms with Crippen LogP contribution in [0.3, 0.4) is 0 Å². The minimum atomic E-state index is 0.0468. The minimum absolute atomic E-state index is 0.0468. The van der Waals surface area contributed by atoms with E-state index in [-0.39, 0.29) is 11.9 Å². The van der Waals surface area contributed by atoms with Crippen molar-refractivity contribution < 1.29 is 4.79 Å². The fourth-order valence-electron chi connectivity index (χ4n) is 1.88. The van der Waals surface area contributed by atoms with Crippen molar-refractivity contribution >= 4 is 17.7 Å². The SMILES string of the molecule is CSCCCCNC(=O)C1NCCC1C. The quantitative estimate of drug-likeness (QED) is 0.675. The highest BCUT2D eigenvalue weighted by Crippen LogP contribution is 2.14. The molecule has 0 aliphatic carbocycles. The van der Waals surface area contributed by atoms with E-state index in [0.29, 0.717) is 5.92 Å². The molecule has 0 bridgehead atoms. The van der Waals surface area contributed by atoms with Crippen LogP contribution in [-0.4, -0.2) is 37.0 Å². The number of carbonyl (C=O) groups is 1. The molecule has 1 heterocycles. The van der Waals surface area contributed by atoms with Crippen LogP contribution in [0.1, 0.15) is 26.2 Å². The first-order valence-electron chi connectivity index (χ1n) is 5.75. The van der Waals surface area contributed by atoms with Gasteiger partial charge in [-0.2, -0.15) is 11.8 Å². The van der Waals surface area contributed by atoms with Gasteiger partial charge in [0, 0.05) is 6.54 Å². The normalized spacial score (nSPS) is 25.5. The van der Waals surface area contributed by atoms with Crippen LogP contribution in [0.2, 0.25) is 0 Å². The summed E-state index contributed by atoms with van der Waals surface area (Å²) in [4.78, 5) is 11.7. The highest BCUT2D eigenvalue weighted by Gasteiger charge is 2.28. The minimum Gasteiger partial charge on any atom is -0.355 e. The van der Waals surface area contributed by atoms with Crippen LogP contribution in [0.15, 0.2) is 0 Å². The van der Waals surface area contributed by atoms with Gasteiger partial charge in [-0.1, -0.05) is 6.92 Å². The third-order valence-corrected chi connectivity index (χ3v) is 3.59. The average Bonchev–Trinajstić information content (AvgIpc) is 2.64. The van der Waals surface area contributed by atoms with E-state index in [9.17, 15) is 4.79 Å². The molecule has 3 nitrogen and oxygen atoms in total. The summed E-state index contributed by atoms with van der Waals surface area (Å²) in [5.41, 5.74) is 0. The first-order valence-corrected chi connectivity index (χ1v) is 7.15. The van der Waals surface area contributed by atoms with Gasteiger partial charge >= 0.3 is 0 Å². The molecular weight excluding hydrogens is 208 g/mol. The van der Waals surface area contributed by atoms with Gasteiger partial charge in [0.1, 0.15) is 0 Å². The van der Waals surface area contributed by atoms with Crippen molar-refractivity contribution in [3.05, 3.63) is 0 Å². The maximum atomic E-state index is 11.7. The monoisotopic (exact) mass is 230 g/mol. The molecule has 0 radical (unpaired) electrons. The van der Waals surface area contributed by atoms with Gasteiger partial charge < -0.3 is 10.6 Å². The average molecular weight is 230 g/mol. The van der Waals surface area contributed by atoms with Crippen LogP contribution in [0.25, 0.3) is 0 Å². The molecule has 88 valence electrons. The second kappa shape index (κ2) is 7.12. The third-order valence-electron chi connectivity index (χ3n) is 2.89. The highest BCUT2D eigenvalue weighted by atomic mass is 32.2. The number of rotatable bonds is 6. The molecule has 2 N–H and O–H groups in total. The number of nitrogens with one attached hydrogen (secondary N) is 2. The van der Waals surface area contributed by atoms with Crippen LogP contribution in [0.5, 0.6) is 0 Å². The van der Waals surface area contributed by atoms with Gasteiger partial charge in [-0.05, 0) is 43.7 Å². The summed E-state index contributed by atoms with van der Waals surface area (Å²) in [5, 5.41) is 6.25. The molecule has 2 atom stereocenters. The summed E-state index contributed by atoms with van der Waals surface area (Å²) in [6, 6.07) is 0.0468. The summed E-state index contributed by atoms with van der Waals surface area (Å²) in [6.07, 6.45) is 5.51. The molecule has 2 unspecified atom stereocenters. The molecule has 1 saturated heterocycles. The Kier molecular flexibility index (Phi) is 6.10. The largest absolute Gasteiger partial charge is 0.355 e. The number of amides is 1. The van der Waals surface area contributed by atoms with E-state index in [4.69, 9.17) is 0 Å². The summed E-state index contributed by atoms with van der Waals surface area (Å²) >= 11 is 1.86. The first-order chi connectivity index (χ1) is 7.25. The lowest BCUT2D eigenvalue weighted by molar-refractivity contribution is -0.123. The molecule has 0 aromatic rings. The van der Waals surface area contributed by atoms with E-state index in [1.54, 1.807) is 0 Å². The zero-order chi connectivity index (χ0) is 11.1. The second-order valence-corrected chi connectivity index (χ2v) is 5.17. The molecule has 1 fully saturated rings. The van der Waals surface area contributed by atoms with Crippen molar-refractivity contribution in [3.63, 3.8) is 0 Å². The molecule has 0 saturated carbocycles. The topological polar surface area (TPSA) is 41.1 Å². The maximum Gasteiger partial charge on any atom is 0.237 e. The molecule has 4 heteroatoms. The number of hydrogen-bond acceptors (Lipinski definition) is 3. The van der Waals surface area contributed by atoms with Gasteiger partial charge in [0.25, 0.3) is 0 Å². The number of hydrogen-bond donors (Lipinski definition) is 2. The van der Waals surface area contributed by atoms with Crippen LogP contribution in [0, 0.1) is 5.92 Å². The Hall–Kier alpha value is -0.220. The van der Waals surface area contributed by atoms with E-state index in [2.05, 4.69) is 23.8 Å². The lowest BCUT2D eigenvalue weighted by Gasteiger charge is -2.15. The number of thioether (sulfide) groups is 1. The van der Waals surface area contributed by atoms with Crippen LogP contribution in [0.4, 0.5) is 0 Å². The maximum absolute atomic E-state index is 11.7. The number of carbonyl (C=O) groups excluding carboxylic acids is 1. The van der Waals surface area contributed by atoms with Crippen LogP contribution >= 0.6 is 11.8 Å². The molecular formula is C11H22N2OS. The highest BCUT2D eigenvalue weighted by molar-refractivity contribution is 7.98. The molecule has 1 aliphatic rings. The molecule has 1 rings (SSSR count). The molecule has 0 aromatic carbocycles. The predicted molar refractivity (Wildman–Crippen MR) is 66.2 cm³/mol. The standard InChI is InChI=1S/C11H22N2OS/c1-9-5-7-12-10(9)11(14)13-6-3-4-8-15-2/h9-10,12H,3-8H2,1-2H3,(H,13,14). The van der Waals surface area contributed by atoms with Crippen molar-refractivity contribution in [1.29, 1.82) is 0 Å². The van der Waals surface area contributed by atoms with Gasteiger partial charge in [-0.15, -0.1) is 0 Å². The molecule has 1 amide bonds. The van der Waals surface area contributed by atoms with E-state index >= 15 is 0 Å².